The van der Waals surface area contributed by atoms with Gasteiger partial charge in [0.25, 0.3) is 10.0 Å². The molecule has 0 heterocycles. The lowest BCUT2D eigenvalue weighted by Crippen LogP contribution is -2.52. The molecule has 1 atom stereocenters. The summed E-state index contributed by atoms with van der Waals surface area (Å²) in [5.41, 5.74) is 2.24. The number of hydrogen-bond acceptors (Lipinski definition) is 5. The van der Waals surface area contributed by atoms with Crippen molar-refractivity contribution in [3.63, 3.8) is 0 Å². The highest BCUT2D eigenvalue weighted by Gasteiger charge is 2.33. The van der Waals surface area contributed by atoms with E-state index in [0.717, 1.165) is 21.9 Å². The summed E-state index contributed by atoms with van der Waals surface area (Å²) in [6, 6.07) is 21.6. The normalized spacial score (nSPS) is 11.9. The molecular weight excluding hydrogens is 526 g/mol. The number of nitrogens with one attached hydrogen (secondary N) is 1. The van der Waals surface area contributed by atoms with E-state index in [9.17, 15) is 18.0 Å². The molecule has 1 N–H and O–H groups in total. The Hall–Kier alpha value is -3.85. The molecular formula is C31H39N3O5S. The first-order chi connectivity index (χ1) is 19.2. The Morgan fingerprint density at radius 1 is 0.900 bits per heavy atom. The summed E-state index contributed by atoms with van der Waals surface area (Å²) in [7, 11) is -4.11. The van der Waals surface area contributed by atoms with Crippen LogP contribution < -0.4 is 14.4 Å². The van der Waals surface area contributed by atoms with Crippen molar-refractivity contribution in [1.82, 2.24) is 10.2 Å². The number of benzene rings is 3. The van der Waals surface area contributed by atoms with Crippen LogP contribution in [0, 0.1) is 6.92 Å². The first-order valence-electron chi connectivity index (χ1n) is 13.6. The lowest BCUT2D eigenvalue weighted by molar-refractivity contribution is -0.140. The molecule has 0 radical (unpaired) electrons. The van der Waals surface area contributed by atoms with Gasteiger partial charge in [0.1, 0.15) is 18.3 Å². The molecule has 3 aromatic carbocycles. The van der Waals surface area contributed by atoms with Gasteiger partial charge in [-0.25, -0.2) is 8.42 Å². The molecule has 0 saturated carbocycles. The molecule has 0 aromatic heterocycles. The van der Waals surface area contributed by atoms with Gasteiger partial charge in [-0.2, -0.15) is 0 Å². The summed E-state index contributed by atoms with van der Waals surface area (Å²) < 4.78 is 34.3. The van der Waals surface area contributed by atoms with Crippen LogP contribution in [-0.4, -0.2) is 50.9 Å². The summed E-state index contributed by atoms with van der Waals surface area (Å²) in [6.45, 7) is 8.29. The average molecular weight is 566 g/mol. The second-order valence-electron chi connectivity index (χ2n) is 9.47. The van der Waals surface area contributed by atoms with Crippen LogP contribution >= 0.6 is 0 Å². The van der Waals surface area contributed by atoms with E-state index in [-0.39, 0.29) is 17.3 Å². The Balaban J connectivity index is 2.03. The van der Waals surface area contributed by atoms with Crippen LogP contribution in [0.1, 0.15) is 44.7 Å². The fourth-order valence-electron chi connectivity index (χ4n) is 4.30. The van der Waals surface area contributed by atoms with Gasteiger partial charge in [0.2, 0.25) is 11.8 Å². The number of aryl methyl sites for hydroxylation is 1. The number of carbonyl (C=O) groups is 2. The Morgan fingerprint density at radius 2 is 1.55 bits per heavy atom. The molecule has 0 bridgehead atoms. The van der Waals surface area contributed by atoms with Gasteiger partial charge in [0.15, 0.2) is 0 Å². The molecule has 0 aliphatic heterocycles. The molecule has 0 spiro atoms. The fourth-order valence-corrected chi connectivity index (χ4v) is 5.73. The minimum absolute atomic E-state index is 0.0644. The summed E-state index contributed by atoms with van der Waals surface area (Å²) in [5.74, 6) is -0.148. The highest BCUT2D eigenvalue weighted by atomic mass is 32.2. The molecule has 0 unspecified atom stereocenters. The molecule has 0 aliphatic carbocycles. The van der Waals surface area contributed by atoms with Gasteiger partial charge in [-0.05, 0) is 68.7 Å². The molecule has 40 heavy (non-hydrogen) atoms. The molecule has 9 heteroatoms. The maximum Gasteiger partial charge on any atom is 0.264 e. The molecule has 0 fully saturated rings. The number of ether oxygens (including phenoxy) is 1. The lowest BCUT2D eigenvalue weighted by atomic mass is 10.1. The third kappa shape index (κ3) is 7.85. The predicted octanol–water partition coefficient (Wildman–Crippen LogP) is 4.92. The SMILES string of the molecule is CCCNC(=O)[C@@H](CC)N(Cc1ccc(C)cc1)C(=O)CN(c1ccc(OCC)cc1)S(=O)(=O)c1ccccc1. The smallest absolute Gasteiger partial charge is 0.264 e. The minimum Gasteiger partial charge on any atom is -0.494 e. The highest BCUT2D eigenvalue weighted by molar-refractivity contribution is 7.92. The third-order valence-electron chi connectivity index (χ3n) is 6.45. The van der Waals surface area contributed by atoms with Crippen LogP contribution in [0.3, 0.4) is 0 Å². The van der Waals surface area contributed by atoms with Gasteiger partial charge < -0.3 is 15.0 Å². The van der Waals surface area contributed by atoms with Crippen LogP contribution in [0.2, 0.25) is 0 Å². The van der Waals surface area contributed by atoms with Crippen molar-refractivity contribution in [3.05, 3.63) is 90.0 Å². The van der Waals surface area contributed by atoms with E-state index >= 15 is 0 Å². The Kier molecular flexibility index (Phi) is 11.1. The Bertz CT molecular complexity index is 1340. The van der Waals surface area contributed by atoms with Crippen LogP contribution in [0.25, 0.3) is 0 Å². The average Bonchev–Trinajstić information content (AvgIpc) is 2.96. The van der Waals surface area contributed by atoms with E-state index in [1.54, 1.807) is 42.5 Å². The van der Waals surface area contributed by atoms with Gasteiger partial charge in [0, 0.05) is 13.1 Å². The lowest BCUT2D eigenvalue weighted by Gasteiger charge is -2.33. The summed E-state index contributed by atoms with van der Waals surface area (Å²) in [6.07, 6.45) is 1.14. The van der Waals surface area contributed by atoms with Crippen molar-refractivity contribution in [1.29, 1.82) is 0 Å². The number of anilines is 1. The zero-order valence-corrected chi connectivity index (χ0v) is 24.5. The molecule has 3 aromatic rings. The fraction of sp³-hybridized carbons (Fsp3) is 0.355. The van der Waals surface area contributed by atoms with Gasteiger partial charge in [-0.3, -0.25) is 13.9 Å². The first kappa shape index (κ1) is 30.7. The molecule has 214 valence electrons. The molecule has 8 nitrogen and oxygen atoms in total. The van der Waals surface area contributed by atoms with Crippen molar-refractivity contribution in [2.45, 2.75) is 58.0 Å². The van der Waals surface area contributed by atoms with Crippen molar-refractivity contribution in [3.8, 4) is 5.75 Å². The van der Waals surface area contributed by atoms with Crippen molar-refractivity contribution >= 4 is 27.5 Å². The Morgan fingerprint density at radius 3 is 2.12 bits per heavy atom. The predicted molar refractivity (Wildman–Crippen MR) is 158 cm³/mol. The van der Waals surface area contributed by atoms with Crippen LogP contribution in [0.5, 0.6) is 5.75 Å². The van der Waals surface area contributed by atoms with Gasteiger partial charge in [-0.15, -0.1) is 0 Å². The van der Waals surface area contributed by atoms with Crippen molar-refractivity contribution < 1.29 is 22.7 Å². The second kappa shape index (κ2) is 14.5. The standard InChI is InChI=1S/C31H39N3O5S/c1-5-21-32-31(36)29(6-2)33(22-25-15-13-24(4)14-16-25)30(35)23-34(26-17-19-27(20-18-26)39-7-3)40(37,38)28-11-9-8-10-12-28/h8-20,29H,5-7,21-23H2,1-4H3,(H,32,36)/t29-/m1/s1. The summed E-state index contributed by atoms with van der Waals surface area (Å²) in [4.78, 5) is 28.7. The van der Waals surface area contributed by atoms with Crippen LogP contribution in [0.4, 0.5) is 5.69 Å². The number of rotatable bonds is 14. The molecule has 0 aliphatic rings. The summed E-state index contributed by atoms with van der Waals surface area (Å²) >= 11 is 0. The molecule has 0 saturated heterocycles. The largest absolute Gasteiger partial charge is 0.494 e. The zero-order chi connectivity index (χ0) is 29.1. The van der Waals surface area contributed by atoms with E-state index in [1.807, 2.05) is 52.0 Å². The monoisotopic (exact) mass is 565 g/mol. The van der Waals surface area contributed by atoms with E-state index in [4.69, 9.17) is 4.74 Å². The van der Waals surface area contributed by atoms with E-state index < -0.39 is 28.5 Å². The zero-order valence-electron chi connectivity index (χ0n) is 23.7. The van der Waals surface area contributed by atoms with E-state index in [2.05, 4.69) is 5.32 Å². The van der Waals surface area contributed by atoms with Gasteiger partial charge >= 0.3 is 0 Å². The van der Waals surface area contributed by atoms with Crippen LogP contribution in [0.15, 0.2) is 83.8 Å². The first-order valence-corrected chi connectivity index (χ1v) is 15.1. The topological polar surface area (TPSA) is 96.0 Å². The quantitative estimate of drug-likeness (QED) is 0.299. The van der Waals surface area contributed by atoms with E-state index in [1.165, 1.54) is 17.0 Å². The van der Waals surface area contributed by atoms with Crippen molar-refractivity contribution in [2.24, 2.45) is 0 Å². The maximum atomic E-state index is 14.0. The highest BCUT2D eigenvalue weighted by Crippen LogP contribution is 2.27. The van der Waals surface area contributed by atoms with Gasteiger partial charge in [-0.1, -0.05) is 61.9 Å². The third-order valence-corrected chi connectivity index (χ3v) is 8.24. The number of carbonyl (C=O) groups excluding carboxylic acids is 2. The molecule has 2 amide bonds. The van der Waals surface area contributed by atoms with E-state index in [0.29, 0.717) is 31.0 Å². The second-order valence-corrected chi connectivity index (χ2v) is 11.3. The van der Waals surface area contributed by atoms with Gasteiger partial charge in [0.05, 0.1) is 17.2 Å². The number of nitrogens with zero attached hydrogens (tertiary/aromatic N) is 2. The minimum atomic E-state index is -4.11. The maximum absolute atomic E-state index is 14.0. The summed E-state index contributed by atoms with van der Waals surface area (Å²) in [5, 5.41) is 2.89. The van der Waals surface area contributed by atoms with Crippen molar-refractivity contribution in [2.75, 3.05) is 24.0 Å². The Labute approximate surface area is 238 Å². The number of sulfonamides is 1. The molecule has 3 rings (SSSR count). The number of hydrogen-bond donors (Lipinski definition) is 1. The number of amides is 2. The van der Waals surface area contributed by atoms with Crippen LogP contribution in [-0.2, 0) is 26.2 Å².